The van der Waals surface area contributed by atoms with Crippen molar-refractivity contribution in [1.29, 1.82) is 0 Å². The molecule has 0 bridgehead atoms. The summed E-state index contributed by atoms with van der Waals surface area (Å²) in [5, 5.41) is 0. The maximum atomic E-state index is 4.54. The van der Waals surface area contributed by atoms with Gasteiger partial charge in [-0.15, -0.1) is 11.3 Å². The molecule has 0 spiro atoms. The van der Waals surface area contributed by atoms with Crippen LogP contribution in [-0.2, 0) is 0 Å². The number of fused-ring (bicyclic) bond motifs is 1. The molecule has 3 nitrogen and oxygen atoms in total. The van der Waals surface area contributed by atoms with Gasteiger partial charge in [0.05, 0.1) is 16.5 Å². The molecule has 0 aliphatic rings. The molecule has 0 radical (unpaired) electrons. The number of nitrogens with one attached hydrogen (secondary N) is 1. The minimum atomic E-state index is 0.814. The van der Waals surface area contributed by atoms with Crippen LogP contribution in [0.4, 0.5) is 0 Å². The Morgan fingerprint density at radius 3 is 3.00 bits per heavy atom. The molecule has 80 valence electrons. The van der Waals surface area contributed by atoms with E-state index in [0.717, 1.165) is 26.3 Å². The molecule has 0 atom stereocenters. The van der Waals surface area contributed by atoms with Gasteiger partial charge in [-0.1, -0.05) is 6.07 Å². The van der Waals surface area contributed by atoms with Crippen molar-refractivity contribution in [2.24, 2.45) is 0 Å². The molecular formula is C11H8BrN3S. The summed E-state index contributed by atoms with van der Waals surface area (Å²) in [5.41, 5.74) is 5.91. The molecule has 3 aromatic rings. The van der Waals surface area contributed by atoms with Crippen LogP contribution in [0.15, 0.2) is 27.5 Å². The Balaban J connectivity index is 2.23. The lowest BCUT2D eigenvalue weighted by Crippen LogP contribution is -1.79. The summed E-state index contributed by atoms with van der Waals surface area (Å²) in [6.07, 6.45) is 0. The molecule has 0 fully saturated rings. The third kappa shape index (κ3) is 1.56. The van der Waals surface area contributed by atoms with E-state index in [9.17, 15) is 0 Å². The van der Waals surface area contributed by atoms with E-state index in [1.807, 2.05) is 6.07 Å². The number of aromatic amines is 1. The first-order chi connectivity index (χ1) is 7.74. The highest BCUT2D eigenvalue weighted by molar-refractivity contribution is 9.11. The van der Waals surface area contributed by atoms with E-state index in [1.165, 1.54) is 5.56 Å². The molecule has 5 heteroatoms. The lowest BCUT2D eigenvalue weighted by Gasteiger charge is -1.89. The normalized spacial score (nSPS) is 11.1. The largest absolute Gasteiger partial charge is 0.337 e. The first-order valence-corrected chi connectivity index (χ1v) is 6.47. The number of aryl methyl sites for hydroxylation is 1. The van der Waals surface area contributed by atoms with Gasteiger partial charge in [0.25, 0.3) is 0 Å². The van der Waals surface area contributed by atoms with E-state index < -0.39 is 0 Å². The smallest absolute Gasteiger partial charge is 0.159 e. The molecular weight excluding hydrogens is 286 g/mol. The molecule has 1 N–H and O–H groups in total. The van der Waals surface area contributed by atoms with E-state index in [1.54, 1.807) is 16.8 Å². The predicted octanol–water partition coefficient (Wildman–Crippen LogP) is 3.76. The number of imidazole rings is 1. The van der Waals surface area contributed by atoms with Gasteiger partial charge < -0.3 is 4.98 Å². The predicted molar refractivity (Wildman–Crippen MR) is 69.6 cm³/mol. The van der Waals surface area contributed by atoms with Crippen LogP contribution in [-0.4, -0.2) is 15.0 Å². The quantitative estimate of drug-likeness (QED) is 0.742. The van der Waals surface area contributed by atoms with Gasteiger partial charge in [0.2, 0.25) is 0 Å². The van der Waals surface area contributed by atoms with Gasteiger partial charge in [0.1, 0.15) is 9.48 Å². The van der Waals surface area contributed by atoms with Crippen LogP contribution in [0.3, 0.4) is 0 Å². The maximum absolute atomic E-state index is 4.54. The Labute approximate surface area is 105 Å². The molecule has 0 unspecified atom stereocenters. The first kappa shape index (κ1) is 9.99. The van der Waals surface area contributed by atoms with Crippen molar-refractivity contribution in [2.75, 3.05) is 0 Å². The van der Waals surface area contributed by atoms with E-state index >= 15 is 0 Å². The molecule has 1 aromatic carbocycles. The number of hydrogen-bond donors (Lipinski definition) is 1. The maximum Gasteiger partial charge on any atom is 0.159 e. The highest BCUT2D eigenvalue weighted by Crippen LogP contribution is 2.29. The highest BCUT2D eigenvalue weighted by atomic mass is 79.9. The van der Waals surface area contributed by atoms with Crippen LogP contribution in [0.2, 0.25) is 0 Å². The number of nitrogens with zero attached hydrogens (tertiary/aromatic N) is 2. The van der Waals surface area contributed by atoms with Gasteiger partial charge in [-0.05, 0) is 40.5 Å². The highest BCUT2D eigenvalue weighted by Gasteiger charge is 2.10. The first-order valence-electron chi connectivity index (χ1n) is 4.80. The summed E-state index contributed by atoms with van der Waals surface area (Å²) in [4.78, 5) is 12.1. The number of aromatic nitrogens is 3. The van der Waals surface area contributed by atoms with Crippen LogP contribution >= 0.6 is 27.3 Å². The molecule has 0 saturated carbocycles. The molecule has 0 amide bonds. The minimum absolute atomic E-state index is 0.814. The van der Waals surface area contributed by atoms with Crippen molar-refractivity contribution in [3.05, 3.63) is 33.1 Å². The average molecular weight is 294 g/mol. The van der Waals surface area contributed by atoms with E-state index in [0.29, 0.717) is 0 Å². The summed E-state index contributed by atoms with van der Waals surface area (Å²) < 4.78 is 1.00. The molecule has 0 aliphatic carbocycles. The van der Waals surface area contributed by atoms with Crippen LogP contribution in [0.5, 0.6) is 0 Å². The standard InChI is InChI=1S/C11H8BrN3S/c1-6-2-3-7-8(4-6)15-11(14-7)9-10(12)16-5-13-9/h2-5H,1H3,(H,14,15). The molecule has 3 rings (SSSR count). The second-order valence-corrected chi connectivity index (χ2v) is 5.75. The zero-order valence-corrected chi connectivity index (χ0v) is 10.9. The number of benzene rings is 1. The summed E-state index contributed by atoms with van der Waals surface area (Å²) in [6.45, 7) is 2.06. The number of thiazole rings is 1. The summed E-state index contributed by atoms with van der Waals surface area (Å²) >= 11 is 5.03. The molecule has 16 heavy (non-hydrogen) atoms. The molecule has 0 saturated heterocycles. The average Bonchev–Trinajstić information content (AvgIpc) is 2.82. The van der Waals surface area contributed by atoms with Gasteiger partial charge in [0.15, 0.2) is 5.82 Å². The fourth-order valence-electron chi connectivity index (χ4n) is 1.61. The Hall–Kier alpha value is -1.20. The Kier molecular flexibility index (Phi) is 2.29. The lowest BCUT2D eigenvalue weighted by molar-refractivity contribution is 1.27. The monoisotopic (exact) mass is 293 g/mol. The Morgan fingerprint density at radius 1 is 1.38 bits per heavy atom. The molecule has 2 aromatic heterocycles. The molecule has 0 aliphatic heterocycles. The Bertz CT molecular complexity index is 656. The SMILES string of the molecule is Cc1ccc2[nH]c(-c3ncsc3Br)nc2c1. The van der Waals surface area contributed by atoms with Crippen molar-refractivity contribution in [3.8, 4) is 11.5 Å². The number of rotatable bonds is 1. The Morgan fingerprint density at radius 2 is 2.25 bits per heavy atom. The van der Waals surface area contributed by atoms with Crippen molar-refractivity contribution in [3.63, 3.8) is 0 Å². The lowest BCUT2D eigenvalue weighted by atomic mass is 10.2. The van der Waals surface area contributed by atoms with Gasteiger partial charge in [-0.25, -0.2) is 9.97 Å². The number of halogens is 1. The second-order valence-electron chi connectivity index (χ2n) is 3.58. The van der Waals surface area contributed by atoms with Crippen molar-refractivity contribution in [2.45, 2.75) is 6.92 Å². The number of hydrogen-bond acceptors (Lipinski definition) is 3. The van der Waals surface area contributed by atoms with Gasteiger partial charge in [-0.3, -0.25) is 0 Å². The fraction of sp³-hybridized carbons (Fsp3) is 0.0909. The van der Waals surface area contributed by atoms with Crippen molar-refractivity contribution < 1.29 is 0 Å². The summed E-state index contributed by atoms with van der Waals surface area (Å²) in [7, 11) is 0. The third-order valence-corrected chi connectivity index (χ3v) is 3.93. The van der Waals surface area contributed by atoms with Crippen LogP contribution in [0.1, 0.15) is 5.56 Å². The van der Waals surface area contributed by atoms with Crippen LogP contribution in [0.25, 0.3) is 22.6 Å². The van der Waals surface area contributed by atoms with Gasteiger partial charge >= 0.3 is 0 Å². The van der Waals surface area contributed by atoms with Crippen LogP contribution in [0, 0.1) is 6.92 Å². The third-order valence-electron chi connectivity index (χ3n) is 2.39. The van der Waals surface area contributed by atoms with Gasteiger partial charge in [-0.2, -0.15) is 0 Å². The number of H-pyrrole nitrogens is 1. The topological polar surface area (TPSA) is 41.6 Å². The van der Waals surface area contributed by atoms with Crippen LogP contribution < -0.4 is 0 Å². The van der Waals surface area contributed by atoms with E-state index in [4.69, 9.17) is 0 Å². The van der Waals surface area contributed by atoms with Gasteiger partial charge in [0, 0.05) is 0 Å². The summed E-state index contributed by atoms with van der Waals surface area (Å²) in [5.74, 6) is 0.814. The van der Waals surface area contributed by atoms with E-state index in [-0.39, 0.29) is 0 Å². The second kappa shape index (κ2) is 3.68. The zero-order chi connectivity index (χ0) is 11.1. The van der Waals surface area contributed by atoms with E-state index in [2.05, 4.69) is 49.9 Å². The van der Waals surface area contributed by atoms with Crippen molar-refractivity contribution in [1.82, 2.24) is 15.0 Å². The minimum Gasteiger partial charge on any atom is -0.337 e. The summed E-state index contributed by atoms with van der Waals surface area (Å²) in [6, 6.07) is 6.18. The fourth-order valence-corrected chi connectivity index (χ4v) is 2.67. The molecule has 2 heterocycles. The van der Waals surface area contributed by atoms with Crippen molar-refractivity contribution >= 4 is 38.3 Å². The zero-order valence-electron chi connectivity index (χ0n) is 8.49.